The summed E-state index contributed by atoms with van der Waals surface area (Å²) in [5, 5.41) is 34.1. The first-order valence-electron chi connectivity index (χ1n) is 8.26. The zero-order valence-corrected chi connectivity index (χ0v) is 15.1. The normalized spacial score (nSPS) is 13.5. The Kier molecular flexibility index (Phi) is 11.8. The summed E-state index contributed by atoms with van der Waals surface area (Å²) in [7, 11) is 0. The van der Waals surface area contributed by atoms with Gasteiger partial charge >= 0.3 is 5.97 Å². The molecule has 0 aromatic rings. The number of aliphatic carboxylic acids is 1. The molecule has 0 fully saturated rings. The van der Waals surface area contributed by atoms with Gasteiger partial charge in [-0.15, -0.1) is 0 Å². The van der Waals surface area contributed by atoms with Crippen LogP contribution in [0, 0.1) is 0 Å². The van der Waals surface area contributed by atoms with Crippen molar-refractivity contribution in [1.29, 1.82) is 0 Å². The molecular weight excluding hydrogens is 378 g/mol. The molecule has 0 radical (unpaired) electrons. The summed E-state index contributed by atoms with van der Waals surface area (Å²) in [4.78, 5) is 50.4. The number of nitrogens with two attached hydrogens (primary N) is 3. The Labute approximate surface area is 160 Å². The highest BCUT2D eigenvalue weighted by Gasteiger charge is 2.28. The van der Waals surface area contributed by atoms with Gasteiger partial charge in [-0.1, -0.05) is 0 Å². The predicted octanol–water partition coefficient (Wildman–Crippen LogP) is -5.48. The highest BCUT2D eigenvalue weighted by atomic mass is 16.4. The molecule has 0 aromatic heterocycles. The Morgan fingerprint density at radius 2 is 1.39 bits per heavy atom. The molecule has 3 atom stereocenters. The third-order valence-corrected chi connectivity index (χ3v) is 3.40. The molecule has 160 valence electrons. The van der Waals surface area contributed by atoms with Crippen LogP contribution in [0.3, 0.4) is 0 Å². The van der Waals surface area contributed by atoms with Crippen LogP contribution in [0.15, 0.2) is 4.99 Å². The summed E-state index contributed by atoms with van der Waals surface area (Å²) in [6.45, 7) is -1.89. The first kappa shape index (κ1) is 25.0. The third-order valence-electron chi connectivity index (χ3n) is 3.40. The van der Waals surface area contributed by atoms with Gasteiger partial charge in [0.15, 0.2) is 5.96 Å². The van der Waals surface area contributed by atoms with Crippen LogP contribution in [-0.4, -0.2) is 89.4 Å². The van der Waals surface area contributed by atoms with Crippen molar-refractivity contribution < 1.29 is 34.5 Å². The third kappa shape index (κ3) is 9.65. The van der Waals surface area contributed by atoms with Gasteiger partial charge in [-0.25, -0.2) is 4.79 Å². The fourth-order valence-corrected chi connectivity index (χ4v) is 1.95. The molecule has 0 bridgehead atoms. The van der Waals surface area contributed by atoms with Crippen molar-refractivity contribution in [3.8, 4) is 0 Å². The number of hydrogen-bond acceptors (Lipinski definition) is 8. The smallest absolute Gasteiger partial charge is 0.326 e. The number of nitrogens with zero attached hydrogens (tertiary/aromatic N) is 1. The lowest BCUT2D eigenvalue weighted by atomic mass is 10.1. The van der Waals surface area contributed by atoms with E-state index in [4.69, 9.17) is 22.3 Å². The fraction of sp³-hybridized carbons (Fsp3) is 0.643. The largest absolute Gasteiger partial charge is 0.480 e. The topological polar surface area (TPSA) is 255 Å². The molecule has 14 heteroatoms. The second-order valence-electron chi connectivity index (χ2n) is 5.60. The molecule has 0 aliphatic carbocycles. The lowest BCUT2D eigenvalue weighted by Crippen LogP contribution is -2.58. The summed E-state index contributed by atoms with van der Waals surface area (Å²) in [6, 6.07) is -4.21. The van der Waals surface area contributed by atoms with Crippen molar-refractivity contribution in [1.82, 2.24) is 16.0 Å². The zero-order valence-electron chi connectivity index (χ0n) is 15.1. The van der Waals surface area contributed by atoms with E-state index in [0.29, 0.717) is 0 Å². The van der Waals surface area contributed by atoms with Crippen molar-refractivity contribution in [3.05, 3.63) is 0 Å². The second kappa shape index (κ2) is 13.2. The first-order chi connectivity index (χ1) is 13.2. The fourth-order valence-electron chi connectivity index (χ4n) is 1.95. The Bertz CT molecular complexity index is 580. The predicted molar refractivity (Wildman–Crippen MR) is 96.6 cm³/mol. The molecular formula is C14H27N7O7. The van der Waals surface area contributed by atoms with E-state index in [1.165, 1.54) is 0 Å². The molecule has 0 aliphatic rings. The van der Waals surface area contributed by atoms with Gasteiger partial charge in [0, 0.05) is 6.54 Å². The summed E-state index contributed by atoms with van der Waals surface area (Å²) < 4.78 is 0. The molecule has 0 saturated carbocycles. The minimum Gasteiger partial charge on any atom is -0.480 e. The molecule has 0 aliphatic heterocycles. The number of carbonyl (C=O) groups is 4. The van der Waals surface area contributed by atoms with Crippen LogP contribution in [0.4, 0.5) is 0 Å². The molecule has 0 rings (SSSR count). The Hall–Kier alpha value is -2.97. The Balaban J connectivity index is 4.84. The second-order valence-corrected chi connectivity index (χ2v) is 5.60. The number of rotatable bonds is 13. The number of carbonyl (C=O) groups excluding carboxylic acids is 3. The monoisotopic (exact) mass is 405 g/mol. The van der Waals surface area contributed by atoms with Crippen molar-refractivity contribution in [2.45, 2.75) is 31.0 Å². The van der Waals surface area contributed by atoms with Gasteiger partial charge in [-0.05, 0) is 12.8 Å². The van der Waals surface area contributed by atoms with Gasteiger partial charge < -0.3 is 48.5 Å². The van der Waals surface area contributed by atoms with Crippen LogP contribution < -0.4 is 33.2 Å². The van der Waals surface area contributed by atoms with Crippen LogP contribution in [-0.2, 0) is 19.2 Å². The highest BCUT2D eigenvalue weighted by molar-refractivity contribution is 5.93. The maximum Gasteiger partial charge on any atom is 0.326 e. The molecule has 0 spiro atoms. The summed E-state index contributed by atoms with van der Waals surface area (Å²) >= 11 is 0. The number of aliphatic hydroxyl groups excluding tert-OH is 2. The number of aliphatic imine (C=N–C) groups is 1. The van der Waals surface area contributed by atoms with E-state index in [0.717, 1.165) is 0 Å². The minimum absolute atomic E-state index is 0.00420. The van der Waals surface area contributed by atoms with E-state index in [-0.39, 0.29) is 25.3 Å². The molecule has 3 amide bonds. The Morgan fingerprint density at radius 3 is 1.82 bits per heavy atom. The maximum absolute atomic E-state index is 12.2. The number of nitrogens with one attached hydrogen (secondary N) is 3. The number of hydrogen-bond donors (Lipinski definition) is 9. The van der Waals surface area contributed by atoms with Crippen LogP contribution in [0.25, 0.3) is 0 Å². The van der Waals surface area contributed by atoms with E-state index in [1.54, 1.807) is 0 Å². The lowest BCUT2D eigenvalue weighted by molar-refractivity contribution is -0.142. The highest BCUT2D eigenvalue weighted by Crippen LogP contribution is 2.00. The average Bonchev–Trinajstić information content (AvgIpc) is 2.65. The van der Waals surface area contributed by atoms with Crippen molar-refractivity contribution in [2.75, 3.05) is 26.3 Å². The number of amides is 3. The van der Waals surface area contributed by atoms with Crippen LogP contribution >= 0.6 is 0 Å². The summed E-state index contributed by atoms with van der Waals surface area (Å²) in [5.41, 5.74) is 15.4. The summed E-state index contributed by atoms with van der Waals surface area (Å²) in [6.07, 6.45) is 0.249. The van der Waals surface area contributed by atoms with E-state index in [9.17, 15) is 29.4 Å². The number of carboxylic acids is 1. The van der Waals surface area contributed by atoms with Gasteiger partial charge in [0.25, 0.3) is 0 Å². The van der Waals surface area contributed by atoms with Crippen molar-refractivity contribution in [3.63, 3.8) is 0 Å². The van der Waals surface area contributed by atoms with Crippen molar-refractivity contribution in [2.24, 2.45) is 22.2 Å². The van der Waals surface area contributed by atoms with Gasteiger partial charge in [0.05, 0.1) is 19.8 Å². The molecule has 28 heavy (non-hydrogen) atoms. The van der Waals surface area contributed by atoms with Crippen molar-refractivity contribution >= 4 is 29.7 Å². The van der Waals surface area contributed by atoms with E-state index in [2.05, 4.69) is 20.9 Å². The van der Waals surface area contributed by atoms with Crippen LogP contribution in [0.1, 0.15) is 12.8 Å². The van der Waals surface area contributed by atoms with E-state index in [1.807, 2.05) is 0 Å². The number of aliphatic hydroxyl groups is 2. The standard InChI is InChI=1S/C14H27N7O7/c15-4-10(24)19-8(5-22)11(25)21-9(6-23)12(26)20-7(13(27)28)2-1-3-18-14(16)17/h7-9,22-23H,1-6,15H2,(H,19,24)(H,20,26)(H,21,25)(H,27,28)(H4,16,17,18). The van der Waals surface area contributed by atoms with Gasteiger partial charge in [-0.2, -0.15) is 0 Å². The summed E-state index contributed by atoms with van der Waals surface area (Å²) in [5.74, 6) is -4.13. The van der Waals surface area contributed by atoms with E-state index >= 15 is 0 Å². The van der Waals surface area contributed by atoms with Gasteiger partial charge in [0.1, 0.15) is 18.1 Å². The van der Waals surface area contributed by atoms with Gasteiger partial charge in [-0.3, -0.25) is 19.4 Å². The van der Waals surface area contributed by atoms with E-state index < -0.39 is 61.6 Å². The average molecular weight is 405 g/mol. The first-order valence-corrected chi connectivity index (χ1v) is 8.26. The minimum atomic E-state index is -1.50. The van der Waals surface area contributed by atoms with Crippen LogP contribution in [0.5, 0.6) is 0 Å². The molecule has 3 unspecified atom stereocenters. The molecule has 12 N–H and O–H groups in total. The quantitative estimate of drug-likeness (QED) is 0.0797. The SMILES string of the molecule is NCC(=O)NC(CO)C(=O)NC(CO)C(=O)NC(CCCN=C(N)N)C(=O)O. The zero-order chi connectivity index (χ0) is 21.7. The number of guanidine groups is 1. The molecule has 0 aromatic carbocycles. The maximum atomic E-state index is 12.2. The molecule has 0 heterocycles. The molecule has 14 nitrogen and oxygen atoms in total. The molecule has 0 saturated heterocycles. The lowest BCUT2D eigenvalue weighted by Gasteiger charge is -2.22. The van der Waals surface area contributed by atoms with Crippen LogP contribution in [0.2, 0.25) is 0 Å². The van der Waals surface area contributed by atoms with Gasteiger partial charge in [0.2, 0.25) is 17.7 Å². The Morgan fingerprint density at radius 1 is 0.893 bits per heavy atom. The number of carboxylic acid groups (broad SMARTS) is 1.